The summed E-state index contributed by atoms with van der Waals surface area (Å²) in [5.41, 5.74) is 6.87. The van der Waals surface area contributed by atoms with E-state index in [0.29, 0.717) is 11.3 Å². The Bertz CT molecular complexity index is 353. The van der Waals surface area contributed by atoms with Crippen LogP contribution in [0, 0.1) is 0 Å². The van der Waals surface area contributed by atoms with Crippen molar-refractivity contribution in [2.75, 3.05) is 5.73 Å². The molecule has 0 bridgehead atoms. The molecule has 0 aliphatic carbocycles. The predicted octanol–water partition coefficient (Wildman–Crippen LogP) is 1.41. The molecule has 1 heterocycles. The normalized spacial score (nSPS) is 10.4. The van der Waals surface area contributed by atoms with Crippen molar-refractivity contribution in [3.8, 4) is 0 Å². The van der Waals surface area contributed by atoms with E-state index in [1.54, 1.807) is 12.3 Å². The molecule has 2 aromatic rings. The fourth-order valence-corrected chi connectivity index (χ4v) is 0.916. The van der Waals surface area contributed by atoms with Crippen molar-refractivity contribution in [2.24, 2.45) is 0 Å². The molecule has 1 aromatic carbocycles. The molecule has 0 saturated carbocycles. The van der Waals surface area contributed by atoms with Crippen LogP contribution in [0.15, 0.2) is 28.9 Å². The lowest BCUT2D eigenvalue weighted by atomic mass is 10.2. The van der Waals surface area contributed by atoms with Gasteiger partial charge in [0.2, 0.25) is 0 Å². The largest absolute Gasteiger partial charge is 0.396 e. The van der Waals surface area contributed by atoms with Crippen molar-refractivity contribution in [3.05, 3.63) is 24.4 Å². The summed E-state index contributed by atoms with van der Waals surface area (Å²) in [5, 5.41) is 4.55. The quantitative estimate of drug-likeness (QED) is 0.554. The highest BCUT2D eigenvalue weighted by Crippen LogP contribution is 2.18. The van der Waals surface area contributed by atoms with E-state index in [1.165, 1.54) is 0 Å². The van der Waals surface area contributed by atoms with Crippen molar-refractivity contribution < 1.29 is 4.52 Å². The lowest BCUT2D eigenvalue weighted by molar-refractivity contribution is 0.457. The van der Waals surface area contributed by atoms with Gasteiger partial charge in [0.25, 0.3) is 0 Å². The number of hydrogen-bond donors (Lipinski definition) is 1. The molecule has 0 aliphatic heterocycles. The summed E-state index contributed by atoms with van der Waals surface area (Å²) in [5.74, 6) is 0. The van der Waals surface area contributed by atoms with Gasteiger partial charge >= 0.3 is 0 Å². The van der Waals surface area contributed by atoms with Crippen molar-refractivity contribution in [1.29, 1.82) is 0 Å². The number of benzene rings is 1. The molecule has 0 spiro atoms. The topological polar surface area (TPSA) is 52.0 Å². The maximum absolute atomic E-state index is 5.57. The predicted molar refractivity (Wildman–Crippen MR) is 38.4 cm³/mol. The highest BCUT2D eigenvalue weighted by atomic mass is 16.5. The summed E-state index contributed by atoms with van der Waals surface area (Å²) in [6.07, 6.45) is 1.64. The number of fused-ring (bicyclic) bond motifs is 1. The Morgan fingerprint density at radius 2 is 2.30 bits per heavy atom. The average molecular weight is 134 g/mol. The van der Waals surface area contributed by atoms with Crippen LogP contribution < -0.4 is 5.73 Å². The van der Waals surface area contributed by atoms with Crippen molar-refractivity contribution in [3.63, 3.8) is 0 Å². The zero-order valence-electron chi connectivity index (χ0n) is 5.24. The zero-order valence-corrected chi connectivity index (χ0v) is 5.24. The van der Waals surface area contributed by atoms with Crippen LogP contribution in [-0.2, 0) is 0 Å². The summed E-state index contributed by atoms with van der Waals surface area (Å²) in [7, 11) is 0. The third-order valence-electron chi connectivity index (χ3n) is 1.41. The number of nitrogen functional groups attached to an aromatic ring is 1. The molecule has 3 nitrogen and oxygen atoms in total. The van der Waals surface area contributed by atoms with E-state index in [1.807, 2.05) is 12.1 Å². The van der Waals surface area contributed by atoms with Gasteiger partial charge in [0.05, 0.1) is 11.9 Å². The summed E-state index contributed by atoms with van der Waals surface area (Å²) in [6.45, 7) is 0. The molecule has 0 fully saturated rings. The van der Waals surface area contributed by atoms with E-state index >= 15 is 0 Å². The molecule has 0 saturated heterocycles. The first-order valence-corrected chi connectivity index (χ1v) is 2.97. The van der Waals surface area contributed by atoms with E-state index < -0.39 is 0 Å². The molecule has 0 amide bonds. The second-order valence-corrected chi connectivity index (χ2v) is 2.09. The lowest BCUT2D eigenvalue weighted by Gasteiger charge is -1.89. The van der Waals surface area contributed by atoms with E-state index in [9.17, 15) is 0 Å². The molecule has 2 N–H and O–H groups in total. The molecule has 0 unspecified atom stereocenters. The minimum Gasteiger partial charge on any atom is -0.396 e. The smallest absolute Gasteiger partial charge is 0.189 e. The number of hydrogen-bond acceptors (Lipinski definition) is 3. The van der Waals surface area contributed by atoms with E-state index in [2.05, 4.69) is 5.16 Å². The molecule has 0 aliphatic rings. The van der Waals surface area contributed by atoms with Crippen molar-refractivity contribution in [1.82, 2.24) is 5.16 Å². The lowest BCUT2D eigenvalue weighted by Crippen LogP contribution is -1.82. The van der Waals surface area contributed by atoms with E-state index in [4.69, 9.17) is 10.3 Å². The number of nitrogens with zero attached hydrogens (tertiary/aromatic N) is 1. The third-order valence-corrected chi connectivity index (χ3v) is 1.41. The Labute approximate surface area is 57.4 Å². The van der Waals surface area contributed by atoms with Crippen LogP contribution in [0.25, 0.3) is 11.0 Å². The Morgan fingerprint density at radius 3 is 3.10 bits per heavy atom. The van der Waals surface area contributed by atoms with Crippen LogP contribution in [0.5, 0.6) is 0 Å². The van der Waals surface area contributed by atoms with E-state index in [0.717, 1.165) is 5.39 Å². The Balaban J connectivity index is 2.95. The minimum absolute atomic E-state index is 0.634. The van der Waals surface area contributed by atoms with Gasteiger partial charge in [-0.15, -0.1) is 0 Å². The van der Waals surface area contributed by atoms with Crippen LogP contribution in [0.3, 0.4) is 0 Å². The summed E-state index contributed by atoms with van der Waals surface area (Å²) >= 11 is 0. The van der Waals surface area contributed by atoms with Gasteiger partial charge in [0.1, 0.15) is 0 Å². The van der Waals surface area contributed by atoms with Crippen LogP contribution in [-0.4, -0.2) is 5.16 Å². The number of aromatic nitrogens is 1. The summed E-state index contributed by atoms with van der Waals surface area (Å²) in [4.78, 5) is 0. The number of anilines is 1. The maximum atomic E-state index is 5.57. The van der Waals surface area contributed by atoms with Crippen LogP contribution >= 0.6 is 0 Å². The van der Waals surface area contributed by atoms with Gasteiger partial charge in [-0.25, -0.2) is 0 Å². The van der Waals surface area contributed by atoms with Gasteiger partial charge in [-0.3, -0.25) is 0 Å². The van der Waals surface area contributed by atoms with Gasteiger partial charge in [0, 0.05) is 5.39 Å². The van der Waals surface area contributed by atoms with Crippen molar-refractivity contribution in [2.45, 2.75) is 0 Å². The molecular weight excluding hydrogens is 128 g/mol. The average Bonchev–Trinajstić information content (AvgIpc) is 2.36. The Morgan fingerprint density at radius 1 is 1.40 bits per heavy atom. The van der Waals surface area contributed by atoms with Crippen LogP contribution in [0.4, 0.5) is 5.69 Å². The van der Waals surface area contributed by atoms with Gasteiger partial charge in [-0.05, 0) is 12.1 Å². The second kappa shape index (κ2) is 1.73. The first-order valence-electron chi connectivity index (χ1n) is 2.97. The molecule has 3 heteroatoms. The molecule has 1 aromatic heterocycles. The second-order valence-electron chi connectivity index (χ2n) is 2.09. The Kier molecular flexibility index (Phi) is 0.917. The number of nitrogens with two attached hydrogens (primary N) is 1. The molecule has 50 valence electrons. The van der Waals surface area contributed by atoms with E-state index in [-0.39, 0.29) is 0 Å². The van der Waals surface area contributed by atoms with Crippen LogP contribution in [0.2, 0.25) is 0 Å². The molecule has 10 heavy (non-hydrogen) atoms. The first kappa shape index (κ1) is 5.29. The minimum atomic E-state index is 0.634. The molecular formula is C7H6N2O. The maximum Gasteiger partial charge on any atom is 0.189 e. The van der Waals surface area contributed by atoms with Crippen molar-refractivity contribution >= 4 is 16.7 Å². The monoisotopic (exact) mass is 134 g/mol. The van der Waals surface area contributed by atoms with Gasteiger partial charge < -0.3 is 10.3 Å². The van der Waals surface area contributed by atoms with Gasteiger partial charge in [-0.1, -0.05) is 11.2 Å². The van der Waals surface area contributed by atoms with Gasteiger partial charge in [0.15, 0.2) is 5.58 Å². The molecule has 0 atom stereocenters. The molecule has 0 radical (unpaired) electrons. The molecule has 2 rings (SSSR count). The van der Waals surface area contributed by atoms with Crippen LogP contribution in [0.1, 0.15) is 0 Å². The number of rotatable bonds is 0. The fraction of sp³-hybridized carbons (Fsp3) is 0. The first-order chi connectivity index (χ1) is 4.88. The summed E-state index contributed by atoms with van der Waals surface area (Å²) < 4.78 is 4.87. The van der Waals surface area contributed by atoms with Gasteiger partial charge in [-0.2, -0.15) is 0 Å². The SMILES string of the molecule is Nc1cccc2cnoc12. The standard InChI is InChI=1S/C7H6N2O/c8-6-3-1-2-5-4-9-10-7(5)6/h1-4H,8H2. The zero-order chi connectivity index (χ0) is 6.97. The number of para-hydroxylation sites is 1. The summed E-state index contributed by atoms with van der Waals surface area (Å²) in [6, 6.07) is 5.56. The highest BCUT2D eigenvalue weighted by Gasteiger charge is 1.99. The fourth-order valence-electron chi connectivity index (χ4n) is 0.916. The third kappa shape index (κ3) is 0.572. The Hall–Kier alpha value is -1.51. The highest BCUT2D eigenvalue weighted by molar-refractivity contribution is 5.86.